The van der Waals surface area contributed by atoms with Crippen LogP contribution < -0.4 is 11.2 Å². The first-order chi connectivity index (χ1) is 9.51. The molecule has 20 heavy (non-hydrogen) atoms. The summed E-state index contributed by atoms with van der Waals surface area (Å²) in [7, 11) is 0. The van der Waals surface area contributed by atoms with E-state index in [0.29, 0.717) is 12.0 Å². The van der Waals surface area contributed by atoms with Gasteiger partial charge in [0, 0.05) is 11.8 Å². The van der Waals surface area contributed by atoms with Crippen LogP contribution >= 0.6 is 0 Å². The predicted octanol–water partition coefficient (Wildman–Crippen LogP) is -1.90. The van der Waals surface area contributed by atoms with Crippen molar-refractivity contribution in [2.24, 2.45) is 0 Å². The standard InChI is InChI=1S/C12H18N2O6/c1-2-3-6-4-13-12(19)14(10(6)18)11-9(17)8(16)7(5-15)20-11/h4,7-9,11,15-17H,2-3,5H2,1H3,(H,13,19)/t7-,8-,9+,11-/m1/s1. The minimum atomic E-state index is -1.46. The van der Waals surface area contributed by atoms with Gasteiger partial charge in [-0.05, 0) is 6.42 Å². The molecule has 0 amide bonds. The lowest BCUT2D eigenvalue weighted by Gasteiger charge is -2.17. The molecule has 0 bridgehead atoms. The Bertz CT molecular complexity index is 580. The second-order valence-electron chi connectivity index (χ2n) is 4.77. The molecule has 2 rings (SSSR count). The van der Waals surface area contributed by atoms with E-state index in [2.05, 4.69) is 4.98 Å². The molecular formula is C12H18N2O6. The average Bonchev–Trinajstić information content (AvgIpc) is 2.70. The van der Waals surface area contributed by atoms with Crippen molar-refractivity contribution in [3.63, 3.8) is 0 Å². The first-order valence-corrected chi connectivity index (χ1v) is 6.46. The molecule has 1 aliphatic heterocycles. The lowest BCUT2D eigenvalue weighted by atomic mass is 10.1. The van der Waals surface area contributed by atoms with E-state index in [4.69, 9.17) is 9.84 Å². The van der Waals surface area contributed by atoms with Crippen molar-refractivity contribution in [2.75, 3.05) is 6.61 Å². The van der Waals surface area contributed by atoms with Gasteiger partial charge in [-0.25, -0.2) is 9.36 Å². The van der Waals surface area contributed by atoms with Gasteiger partial charge in [-0.1, -0.05) is 13.3 Å². The summed E-state index contributed by atoms with van der Waals surface area (Å²) < 4.78 is 5.95. The molecule has 0 saturated carbocycles. The second kappa shape index (κ2) is 5.88. The van der Waals surface area contributed by atoms with Crippen molar-refractivity contribution in [2.45, 2.75) is 44.3 Å². The smallest absolute Gasteiger partial charge is 0.330 e. The number of ether oxygens (including phenoxy) is 1. The Kier molecular flexibility index (Phi) is 4.39. The van der Waals surface area contributed by atoms with E-state index in [0.717, 1.165) is 11.0 Å². The van der Waals surface area contributed by atoms with Crippen LogP contribution in [0.1, 0.15) is 25.1 Å². The number of nitrogens with one attached hydrogen (secondary N) is 1. The molecule has 1 saturated heterocycles. The fourth-order valence-corrected chi connectivity index (χ4v) is 2.30. The second-order valence-corrected chi connectivity index (χ2v) is 4.77. The summed E-state index contributed by atoms with van der Waals surface area (Å²) in [5, 5.41) is 28.6. The molecule has 0 aromatic carbocycles. The maximum absolute atomic E-state index is 12.2. The topological polar surface area (TPSA) is 125 Å². The lowest BCUT2D eigenvalue weighted by molar-refractivity contribution is -0.0566. The van der Waals surface area contributed by atoms with E-state index in [1.165, 1.54) is 6.20 Å². The highest BCUT2D eigenvalue weighted by Gasteiger charge is 2.44. The van der Waals surface area contributed by atoms with Gasteiger partial charge in [0.15, 0.2) is 6.23 Å². The maximum Gasteiger partial charge on any atom is 0.330 e. The third-order valence-electron chi connectivity index (χ3n) is 3.37. The van der Waals surface area contributed by atoms with Crippen molar-refractivity contribution in [1.29, 1.82) is 0 Å². The van der Waals surface area contributed by atoms with Crippen molar-refractivity contribution >= 4 is 0 Å². The van der Waals surface area contributed by atoms with Crippen molar-refractivity contribution in [1.82, 2.24) is 9.55 Å². The Labute approximate surface area is 114 Å². The van der Waals surface area contributed by atoms with Gasteiger partial charge < -0.3 is 25.0 Å². The van der Waals surface area contributed by atoms with Crippen molar-refractivity contribution in [3.8, 4) is 0 Å². The number of H-pyrrole nitrogens is 1. The van der Waals surface area contributed by atoms with Gasteiger partial charge in [0.2, 0.25) is 0 Å². The zero-order chi connectivity index (χ0) is 14.9. The first-order valence-electron chi connectivity index (χ1n) is 6.46. The van der Waals surface area contributed by atoms with Crippen LogP contribution in [0.4, 0.5) is 0 Å². The van der Waals surface area contributed by atoms with Crippen LogP contribution in [0.5, 0.6) is 0 Å². The Balaban J connectivity index is 2.45. The number of hydrogen-bond acceptors (Lipinski definition) is 6. The number of aromatic nitrogens is 2. The predicted molar refractivity (Wildman–Crippen MR) is 68.3 cm³/mol. The molecule has 1 aliphatic rings. The van der Waals surface area contributed by atoms with E-state index in [-0.39, 0.29) is 0 Å². The van der Waals surface area contributed by atoms with Crippen LogP contribution in [0.2, 0.25) is 0 Å². The Morgan fingerprint density at radius 3 is 2.60 bits per heavy atom. The van der Waals surface area contributed by atoms with Gasteiger partial charge in [0.1, 0.15) is 18.3 Å². The SMILES string of the molecule is CCCc1c[nH]c(=O)n([C@@H]2O[C@H](CO)[C@@H](O)[C@@H]2O)c1=O. The monoisotopic (exact) mass is 286 g/mol. The number of aryl methyl sites for hydroxylation is 1. The van der Waals surface area contributed by atoms with E-state index in [9.17, 15) is 19.8 Å². The minimum Gasteiger partial charge on any atom is -0.394 e. The van der Waals surface area contributed by atoms with Crippen molar-refractivity contribution < 1.29 is 20.1 Å². The van der Waals surface area contributed by atoms with Gasteiger partial charge in [-0.15, -0.1) is 0 Å². The average molecular weight is 286 g/mol. The van der Waals surface area contributed by atoms with E-state index >= 15 is 0 Å². The number of aliphatic hydroxyl groups excluding tert-OH is 3. The number of rotatable bonds is 4. The van der Waals surface area contributed by atoms with Crippen LogP contribution in [-0.4, -0.2) is 49.8 Å². The zero-order valence-electron chi connectivity index (χ0n) is 11.0. The van der Waals surface area contributed by atoms with Gasteiger partial charge in [-0.3, -0.25) is 4.79 Å². The molecule has 0 spiro atoms. The highest BCUT2D eigenvalue weighted by Crippen LogP contribution is 2.27. The van der Waals surface area contributed by atoms with Gasteiger partial charge in [0.05, 0.1) is 6.61 Å². The van der Waals surface area contributed by atoms with Gasteiger partial charge in [0.25, 0.3) is 5.56 Å². The summed E-state index contributed by atoms with van der Waals surface area (Å²) >= 11 is 0. The first kappa shape index (κ1) is 14.9. The lowest BCUT2D eigenvalue weighted by Crippen LogP contribution is -2.43. The summed E-state index contributed by atoms with van der Waals surface area (Å²) in [5.41, 5.74) is -0.903. The summed E-state index contributed by atoms with van der Waals surface area (Å²) in [6.45, 7) is 1.37. The van der Waals surface area contributed by atoms with E-state index < -0.39 is 42.4 Å². The molecule has 8 heteroatoms. The number of aliphatic hydroxyl groups is 3. The fraction of sp³-hybridized carbons (Fsp3) is 0.667. The molecule has 2 heterocycles. The Morgan fingerprint density at radius 2 is 2.05 bits per heavy atom. The third kappa shape index (κ3) is 2.42. The molecule has 1 fully saturated rings. The van der Waals surface area contributed by atoms with Crippen LogP contribution in [0.15, 0.2) is 15.8 Å². The number of aromatic amines is 1. The zero-order valence-corrected chi connectivity index (χ0v) is 11.0. The number of nitrogens with zero attached hydrogens (tertiary/aromatic N) is 1. The molecule has 4 N–H and O–H groups in total. The van der Waals surface area contributed by atoms with Crippen LogP contribution in [0, 0.1) is 0 Å². The van der Waals surface area contributed by atoms with Gasteiger partial charge in [-0.2, -0.15) is 0 Å². The highest BCUT2D eigenvalue weighted by atomic mass is 16.6. The normalized spacial score (nSPS) is 29.8. The summed E-state index contributed by atoms with van der Waals surface area (Å²) in [4.78, 5) is 26.4. The molecule has 0 unspecified atom stereocenters. The molecule has 1 aromatic rings. The Hall–Kier alpha value is -1.48. The van der Waals surface area contributed by atoms with Gasteiger partial charge >= 0.3 is 5.69 Å². The quantitative estimate of drug-likeness (QED) is 0.512. The summed E-state index contributed by atoms with van der Waals surface area (Å²) in [5.74, 6) is 0. The molecule has 0 aliphatic carbocycles. The third-order valence-corrected chi connectivity index (χ3v) is 3.37. The van der Waals surface area contributed by atoms with Crippen molar-refractivity contribution in [3.05, 3.63) is 32.6 Å². The minimum absolute atomic E-state index is 0.393. The van der Waals surface area contributed by atoms with Crippen LogP contribution in [0.3, 0.4) is 0 Å². The molecule has 112 valence electrons. The Morgan fingerprint density at radius 1 is 1.35 bits per heavy atom. The summed E-state index contributed by atoms with van der Waals surface area (Å²) in [6.07, 6.45) is -2.62. The molecular weight excluding hydrogens is 268 g/mol. The van der Waals surface area contributed by atoms with E-state index in [1.54, 1.807) is 0 Å². The van der Waals surface area contributed by atoms with Crippen LogP contribution in [-0.2, 0) is 11.2 Å². The largest absolute Gasteiger partial charge is 0.394 e. The molecule has 0 radical (unpaired) electrons. The fourth-order valence-electron chi connectivity index (χ4n) is 2.30. The molecule has 8 nitrogen and oxygen atoms in total. The van der Waals surface area contributed by atoms with Crippen LogP contribution in [0.25, 0.3) is 0 Å². The highest BCUT2D eigenvalue weighted by molar-refractivity contribution is 5.06. The number of hydrogen-bond donors (Lipinski definition) is 4. The summed E-state index contributed by atoms with van der Waals surface area (Å²) in [6, 6.07) is 0. The molecule has 4 atom stereocenters. The maximum atomic E-state index is 12.2. The van der Waals surface area contributed by atoms with E-state index in [1.807, 2.05) is 6.92 Å². The molecule has 1 aromatic heterocycles.